The van der Waals surface area contributed by atoms with Gasteiger partial charge in [-0.3, -0.25) is 0 Å². The number of rotatable bonds is 10. The van der Waals surface area contributed by atoms with E-state index < -0.39 is 10.0 Å². The molecule has 0 aliphatic rings. The van der Waals surface area contributed by atoms with E-state index in [1.807, 2.05) is 91.9 Å². The van der Waals surface area contributed by atoms with Crippen LogP contribution in [0.3, 0.4) is 0 Å². The number of methoxy groups -OCH3 is 2. The van der Waals surface area contributed by atoms with Gasteiger partial charge >= 0.3 is 0 Å². The average Bonchev–Trinajstić information content (AvgIpc) is 2.90. The van der Waals surface area contributed by atoms with Crippen molar-refractivity contribution in [2.75, 3.05) is 27.3 Å². The molecule has 4 aromatic carbocycles. The first-order valence-electron chi connectivity index (χ1n) is 11.8. The minimum Gasteiger partial charge on any atom is -0.493 e. The lowest BCUT2D eigenvalue weighted by molar-refractivity contribution is 0.354. The zero-order chi connectivity index (χ0) is 25.5. The monoisotopic (exact) mass is 501 g/mol. The molecule has 0 amide bonds. The highest BCUT2D eigenvalue weighted by Crippen LogP contribution is 2.29. The zero-order valence-electron chi connectivity index (χ0n) is 20.8. The molecular weight excluding hydrogens is 470 g/mol. The van der Waals surface area contributed by atoms with Crippen LogP contribution in [-0.4, -0.2) is 40.0 Å². The fraction of sp³-hybridized carbons (Fsp3) is 0.200. The van der Waals surface area contributed by atoms with Crippen molar-refractivity contribution in [1.29, 1.82) is 0 Å². The van der Waals surface area contributed by atoms with Gasteiger partial charge in [0, 0.05) is 18.5 Å². The molecule has 0 atom stereocenters. The van der Waals surface area contributed by atoms with Crippen molar-refractivity contribution in [2.24, 2.45) is 0 Å². The van der Waals surface area contributed by atoms with Crippen LogP contribution in [0, 0.1) is 0 Å². The fourth-order valence-electron chi connectivity index (χ4n) is 4.29. The Morgan fingerprint density at radius 3 is 2.28 bits per heavy atom. The molecule has 6 heteroatoms. The summed E-state index contributed by atoms with van der Waals surface area (Å²) in [5, 5.41) is 1.62. The van der Waals surface area contributed by atoms with Crippen molar-refractivity contribution < 1.29 is 17.9 Å². The highest BCUT2D eigenvalue weighted by atomic mass is 32.2. The molecule has 0 bridgehead atoms. The first-order chi connectivity index (χ1) is 17.4. The highest BCUT2D eigenvalue weighted by Gasteiger charge is 2.26. The molecule has 0 saturated heterocycles. The lowest BCUT2D eigenvalue weighted by Gasteiger charge is -2.24. The Hall–Kier alpha value is -3.61. The Morgan fingerprint density at radius 1 is 0.833 bits per heavy atom. The van der Waals surface area contributed by atoms with Crippen molar-refractivity contribution in [3.05, 3.63) is 108 Å². The molecule has 4 aromatic rings. The number of ether oxygens (including phenoxy) is 2. The number of nitrogens with zero attached hydrogens (tertiary/aromatic N) is 1. The Morgan fingerprint density at radius 2 is 1.53 bits per heavy atom. The summed E-state index contributed by atoms with van der Waals surface area (Å²) in [6, 6.07) is 28.6. The van der Waals surface area contributed by atoms with Crippen LogP contribution in [0.5, 0.6) is 11.5 Å². The zero-order valence-corrected chi connectivity index (χ0v) is 21.7. The van der Waals surface area contributed by atoms with E-state index in [4.69, 9.17) is 9.47 Å². The van der Waals surface area contributed by atoms with Crippen LogP contribution >= 0.6 is 0 Å². The standard InChI is InChI=1S/C30H31NO4S/c1-23(20-24-10-5-4-6-11-24)22-31(19-18-25-16-17-28(34-2)29(21-25)35-3)36(32,33)30-15-9-13-26-12-7-8-14-27(26)30/h4-17,20-21H,18-19,22H2,1-3H3. The van der Waals surface area contributed by atoms with E-state index in [1.54, 1.807) is 30.7 Å². The largest absolute Gasteiger partial charge is 0.493 e. The van der Waals surface area contributed by atoms with Gasteiger partial charge in [0.05, 0.1) is 19.1 Å². The molecule has 0 unspecified atom stereocenters. The van der Waals surface area contributed by atoms with E-state index in [2.05, 4.69) is 0 Å². The SMILES string of the molecule is COc1ccc(CCN(CC(C)=Cc2ccccc2)S(=O)(=O)c2cccc3ccccc23)cc1OC. The van der Waals surface area contributed by atoms with Gasteiger partial charge in [-0.2, -0.15) is 4.31 Å². The summed E-state index contributed by atoms with van der Waals surface area (Å²) < 4.78 is 40.4. The maximum atomic E-state index is 14.0. The maximum absolute atomic E-state index is 14.0. The predicted octanol–water partition coefficient (Wildman–Crippen LogP) is 6.19. The van der Waals surface area contributed by atoms with Gasteiger partial charge in [0.2, 0.25) is 10.0 Å². The molecule has 0 spiro atoms. The Balaban J connectivity index is 1.69. The van der Waals surface area contributed by atoms with E-state index in [0.717, 1.165) is 27.5 Å². The first kappa shape index (κ1) is 25.5. The van der Waals surface area contributed by atoms with Gasteiger partial charge in [-0.15, -0.1) is 0 Å². The molecule has 0 saturated carbocycles. The fourth-order valence-corrected chi connectivity index (χ4v) is 5.99. The molecule has 0 aliphatic heterocycles. The van der Waals surface area contributed by atoms with Gasteiger partial charge in [-0.25, -0.2) is 8.42 Å². The summed E-state index contributed by atoms with van der Waals surface area (Å²) in [7, 11) is -0.588. The normalized spacial score (nSPS) is 12.2. The molecule has 4 rings (SSSR count). The van der Waals surface area contributed by atoms with E-state index >= 15 is 0 Å². The van der Waals surface area contributed by atoms with Crippen molar-refractivity contribution in [3.63, 3.8) is 0 Å². The molecule has 0 aromatic heterocycles. The number of hydrogen-bond acceptors (Lipinski definition) is 4. The second-order valence-corrected chi connectivity index (χ2v) is 10.6. The summed E-state index contributed by atoms with van der Waals surface area (Å²) in [4.78, 5) is 0.320. The topological polar surface area (TPSA) is 55.8 Å². The Labute approximate surface area is 213 Å². The van der Waals surface area contributed by atoms with E-state index in [0.29, 0.717) is 29.4 Å². The van der Waals surface area contributed by atoms with Crippen LogP contribution in [-0.2, 0) is 16.4 Å². The lowest BCUT2D eigenvalue weighted by Crippen LogP contribution is -2.34. The van der Waals surface area contributed by atoms with Crippen LogP contribution in [0.2, 0.25) is 0 Å². The minimum atomic E-state index is -3.78. The van der Waals surface area contributed by atoms with Gasteiger partial charge < -0.3 is 9.47 Å². The predicted molar refractivity (Wildman–Crippen MR) is 146 cm³/mol. The number of hydrogen-bond donors (Lipinski definition) is 0. The maximum Gasteiger partial charge on any atom is 0.243 e. The molecule has 0 radical (unpaired) electrons. The summed E-state index contributed by atoms with van der Waals surface area (Å²) in [6.07, 6.45) is 2.56. The number of benzene rings is 4. The minimum absolute atomic E-state index is 0.285. The molecule has 0 aliphatic carbocycles. The molecule has 0 fully saturated rings. The van der Waals surface area contributed by atoms with Crippen molar-refractivity contribution in [3.8, 4) is 11.5 Å². The first-order valence-corrected chi connectivity index (χ1v) is 13.3. The number of fused-ring (bicyclic) bond motifs is 1. The molecule has 0 N–H and O–H groups in total. The number of sulfonamides is 1. The average molecular weight is 502 g/mol. The van der Waals surface area contributed by atoms with Crippen LogP contribution < -0.4 is 9.47 Å². The van der Waals surface area contributed by atoms with Crippen molar-refractivity contribution >= 4 is 26.9 Å². The third kappa shape index (κ3) is 5.78. The smallest absolute Gasteiger partial charge is 0.243 e. The van der Waals surface area contributed by atoms with Crippen LogP contribution in [0.1, 0.15) is 18.1 Å². The molecule has 186 valence electrons. The van der Waals surface area contributed by atoms with Crippen LogP contribution in [0.25, 0.3) is 16.8 Å². The summed E-state index contributed by atoms with van der Waals surface area (Å²) >= 11 is 0. The van der Waals surface area contributed by atoms with Crippen molar-refractivity contribution in [2.45, 2.75) is 18.2 Å². The quantitative estimate of drug-likeness (QED) is 0.260. The van der Waals surface area contributed by atoms with E-state index in [-0.39, 0.29) is 6.54 Å². The van der Waals surface area contributed by atoms with E-state index in [1.165, 1.54) is 0 Å². The lowest BCUT2D eigenvalue weighted by atomic mass is 10.1. The molecule has 5 nitrogen and oxygen atoms in total. The summed E-state index contributed by atoms with van der Waals surface area (Å²) in [6.45, 7) is 2.57. The second-order valence-electron chi connectivity index (χ2n) is 8.66. The van der Waals surface area contributed by atoms with Gasteiger partial charge in [-0.1, -0.05) is 84.4 Å². The molecular formula is C30H31NO4S. The van der Waals surface area contributed by atoms with Gasteiger partial charge in [0.1, 0.15) is 0 Å². The van der Waals surface area contributed by atoms with Crippen LogP contribution in [0.15, 0.2) is 101 Å². The van der Waals surface area contributed by atoms with Crippen LogP contribution in [0.4, 0.5) is 0 Å². The van der Waals surface area contributed by atoms with Gasteiger partial charge in [-0.05, 0) is 48.1 Å². The highest BCUT2D eigenvalue weighted by molar-refractivity contribution is 7.89. The molecule has 36 heavy (non-hydrogen) atoms. The summed E-state index contributed by atoms with van der Waals surface area (Å²) in [5.41, 5.74) is 2.96. The van der Waals surface area contributed by atoms with E-state index in [9.17, 15) is 8.42 Å². The second kappa shape index (κ2) is 11.4. The van der Waals surface area contributed by atoms with Gasteiger partial charge in [0.15, 0.2) is 11.5 Å². The van der Waals surface area contributed by atoms with Crippen molar-refractivity contribution in [1.82, 2.24) is 4.31 Å². The third-order valence-corrected chi connectivity index (χ3v) is 8.01. The summed E-state index contributed by atoms with van der Waals surface area (Å²) in [5.74, 6) is 1.27. The third-order valence-electron chi connectivity index (χ3n) is 6.10. The van der Waals surface area contributed by atoms with Gasteiger partial charge in [0.25, 0.3) is 0 Å². The Bertz CT molecular complexity index is 1460. The molecule has 0 heterocycles. The Kier molecular flexibility index (Phi) is 8.08.